The molecule has 1 saturated carbocycles. The van der Waals surface area contributed by atoms with Crippen LogP contribution in [0, 0.1) is 0 Å². The van der Waals surface area contributed by atoms with Crippen molar-refractivity contribution in [1.82, 2.24) is 10.2 Å². The predicted octanol–water partition coefficient (Wildman–Crippen LogP) is 2.37. The number of hydrogen-bond acceptors (Lipinski definition) is 3. The molecule has 1 fully saturated rings. The summed E-state index contributed by atoms with van der Waals surface area (Å²) in [4.78, 5) is 14.6. The average molecular weight is 332 g/mol. The highest BCUT2D eigenvalue weighted by Gasteiger charge is 2.30. The zero-order valence-corrected chi connectivity index (χ0v) is 14.2. The van der Waals surface area contributed by atoms with Crippen molar-refractivity contribution >= 4 is 6.03 Å². The number of fused-ring (bicyclic) bond motifs is 1. The van der Waals surface area contributed by atoms with Crippen LogP contribution in [0.15, 0.2) is 24.3 Å². The molecule has 1 aromatic carbocycles. The lowest BCUT2D eigenvalue weighted by Gasteiger charge is -2.37. The molecule has 5 heteroatoms. The maximum absolute atomic E-state index is 12.8. The molecule has 0 spiro atoms. The fraction of sp³-hybridized carbons (Fsp3) is 0.632. The van der Waals surface area contributed by atoms with E-state index >= 15 is 0 Å². The Hall–Kier alpha value is -1.59. The minimum atomic E-state index is -0.225. The van der Waals surface area contributed by atoms with Crippen LogP contribution in [0.3, 0.4) is 0 Å². The van der Waals surface area contributed by atoms with E-state index in [0.717, 1.165) is 44.9 Å². The van der Waals surface area contributed by atoms with Crippen LogP contribution >= 0.6 is 0 Å². The number of urea groups is 1. The van der Waals surface area contributed by atoms with Crippen molar-refractivity contribution in [2.24, 2.45) is 0 Å². The van der Waals surface area contributed by atoms with Crippen molar-refractivity contribution in [3.05, 3.63) is 35.4 Å². The smallest absolute Gasteiger partial charge is 0.318 e. The standard InChI is InChI=1S/C19H28N2O3/c22-13-12-21(19(24)20-15-8-10-16(23)11-9-15)18-7-3-5-14-4-1-2-6-17(14)18/h1-2,4,6,15-16,18,22-23H,3,5,7-13H2,(H,20,24). The van der Waals surface area contributed by atoms with Gasteiger partial charge in [-0.1, -0.05) is 24.3 Å². The summed E-state index contributed by atoms with van der Waals surface area (Å²) in [6.45, 7) is 0.315. The predicted molar refractivity (Wildman–Crippen MR) is 92.7 cm³/mol. The van der Waals surface area contributed by atoms with Gasteiger partial charge in [-0.15, -0.1) is 0 Å². The lowest BCUT2D eigenvalue weighted by atomic mass is 9.87. The third-order valence-electron chi connectivity index (χ3n) is 5.34. The largest absolute Gasteiger partial charge is 0.395 e. The first kappa shape index (κ1) is 17.2. The van der Waals surface area contributed by atoms with Crippen molar-refractivity contribution < 1.29 is 15.0 Å². The Kier molecular flexibility index (Phi) is 5.74. The molecule has 0 aromatic heterocycles. The Morgan fingerprint density at radius 1 is 1.17 bits per heavy atom. The summed E-state index contributed by atoms with van der Waals surface area (Å²) in [6, 6.07) is 8.39. The number of carbonyl (C=O) groups is 1. The second kappa shape index (κ2) is 7.99. The van der Waals surface area contributed by atoms with Crippen LogP contribution in [-0.2, 0) is 6.42 Å². The van der Waals surface area contributed by atoms with Crippen LogP contribution in [0.5, 0.6) is 0 Å². The normalized spacial score (nSPS) is 26.5. The number of carbonyl (C=O) groups excluding carboxylic acids is 1. The van der Waals surface area contributed by atoms with Crippen LogP contribution < -0.4 is 5.32 Å². The Morgan fingerprint density at radius 3 is 2.67 bits per heavy atom. The Labute approximate surface area is 143 Å². The summed E-state index contributed by atoms with van der Waals surface area (Å²) in [6.07, 6.45) is 5.97. The highest BCUT2D eigenvalue weighted by molar-refractivity contribution is 5.75. The number of nitrogens with zero attached hydrogens (tertiary/aromatic N) is 1. The van der Waals surface area contributed by atoms with Gasteiger partial charge in [0, 0.05) is 12.6 Å². The summed E-state index contributed by atoms with van der Waals surface area (Å²) in [5.41, 5.74) is 2.52. The second-order valence-electron chi connectivity index (χ2n) is 6.98. The Morgan fingerprint density at radius 2 is 1.92 bits per heavy atom. The maximum atomic E-state index is 12.8. The Balaban J connectivity index is 1.71. The molecular weight excluding hydrogens is 304 g/mol. The van der Waals surface area contributed by atoms with E-state index in [0.29, 0.717) is 6.54 Å². The molecule has 2 aliphatic rings. The summed E-state index contributed by atoms with van der Waals surface area (Å²) < 4.78 is 0. The first-order chi connectivity index (χ1) is 11.7. The lowest BCUT2D eigenvalue weighted by molar-refractivity contribution is 0.109. The number of benzene rings is 1. The number of nitrogens with one attached hydrogen (secondary N) is 1. The fourth-order valence-electron chi connectivity index (χ4n) is 4.04. The molecule has 5 nitrogen and oxygen atoms in total. The van der Waals surface area contributed by atoms with Crippen molar-refractivity contribution in [2.45, 2.75) is 63.1 Å². The average Bonchev–Trinajstić information content (AvgIpc) is 2.61. The first-order valence-corrected chi connectivity index (χ1v) is 9.13. The number of aliphatic hydroxyl groups is 2. The molecule has 24 heavy (non-hydrogen) atoms. The van der Waals surface area contributed by atoms with E-state index in [9.17, 15) is 15.0 Å². The minimum absolute atomic E-state index is 0.0323. The van der Waals surface area contributed by atoms with Crippen LogP contribution in [0.4, 0.5) is 4.79 Å². The topological polar surface area (TPSA) is 72.8 Å². The third-order valence-corrected chi connectivity index (χ3v) is 5.34. The second-order valence-corrected chi connectivity index (χ2v) is 6.98. The van der Waals surface area contributed by atoms with Crippen LogP contribution in [-0.4, -0.2) is 46.4 Å². The van der Waals surface area contributed by atoms with Gasteiger partial charge in [0.05, 0.1) is 18.8 Å². The minimum Gasteiger partial charge on any atom is -0.395 e. The molecule has 0 aliphatic heterocycles. The van der Waals surface area contributed by atoms with Gasteiger partial charge < -0.3 is 20.4 Å². The van der Waals surface area contributed by atoms with E-state index in [1.165, 1.54) is 11.1 Å². The number of aliphatic hydroxyl groups excluding tert-OH is 2. The summed E-state index contributed by atoms with van der Waals surface area (Å²) >= 11 is 0. The van der Waals surface area contributed by atoms with Gasteiger partial charge in [0.15, 0.2) is 0 Å². The van der Waals surface area contributed by atoms with E-state index in [2.05, 4.69) is 17.4 Å². The molecule has 1 unspecified atom stereocenters. The molecule has 1 atom stereocenters. The molecule has 0 bridgehead atoms. The lowest BCUT2D eigenvalue weighted by Crippen LogP contribution is -2.49. The first-order valence-electron chi connectivity index (χ1n) is 9.13. The van der Waals surface area contributed by atoms with Gasteiger partial charge in [0.2, 0.25) is 0 Å². The van der Waals surface area contributed by atoms with Gasteiger partial charge in [-0.05, 0) is 56.1 Å². The molecular formula is C19H28N2O3. The number of rotatable bonds is 4. The van der Waals surface area contributed by atoms with Crippen molar-refractivity contribution in [2.75, 3.05) is 13.2 Å². The molecule has 3 N–H and O–H groups in total. The van der Waals surface area contributed by atoms with Gasteiger partial charge >= 0.3 is 6.03 Å². The molecule has 3 rings (SSSR count). The zero-order chi connectivity index (χ0) is 16.9. The van der Waals surface area contributed by atoms with E-state index in [-0.39, 0.29) is 30.8 Å². The molecule has 2 aliphatic carbocycles. The molecule has 132 valence electrons. The van der Waals surface area contributed by atoms with Gasteiger partial charge in [-0.2, -0.15) is 0 Å². The van der Waals surface area contributed by atoms with E-state index < -0.39 is 0 Å². The van der Waals surface area contributed by atoms with Crippen LogP contribution in [0.2, 0.25) is 0 Å². The summed E-state index contributed by atoms with van der Waals surface area (Å²) in [5, 5.41) is 22.2. The zero-order valence-electron chi connectivity index (χ0n) is 14.2. The molecule has 2 amide bonds. The van der Waals surface area contributed by atoms with Crippen molar-refractivity contribution in [3.8, 4) is 0 Å². The molecule has 0 radical (unpaired) electrons. The summed E-state index contributed by atoms with van der Waals surface area (Å²) in [5.74, 6) is 0. The van der Waals surface area contributed by atoms with Gasteiger partial charge in [0.25, 0.3) is 0 Å². The fourth-order valence-corrected chi connectivity index (χ4v) is 4.04. The quantitative estimate of drug-likeness (QED) is 0.792. The van der Waals surface area contributed by atoms with Crippen LogP contribution in [0.1, 0.15) is 55.7 Å². The monoisotopic (exact) mass is 332 g/mol. The van der Waals surface area contributed by atoms with Crippen LogP contribution in [0.25, 0.3) is 0 Å². The summed E-state index contributed by atoms with van der Waals surface area (Å²) in [7, 11) is 0. The Bertz CT molecular complexity index is 555. The van der Waals surface area contributed by atoms with Gasteiger partial charge in [-0.25, -0.2) is 4.79 Å². The molecule has 0 heterocycles. The van der Waals surface area contributed by atoms with E-state index in [1.807, 2.05) is 12.1 Å². The van der Waals surface area contributed by atoms with Crippen molar-refractivity contribution in [3.63, 3.8) is 0 Å². The van der Waals surface area contributed by atoms with Crippen molar-refractivity contribution in [1.29, 1.82) is 0 Å². The van der Waals surface area contributed by atoms with Gasteiger partial charge in [0.1, 0.15) is 0 Å². The number of amides is 2. The molecule has 1 aromatic rings. The third kappa shape index (κ3) is 3.90. The SMILES string of the molecule is O=C(NC1CCC(O)CC1)N(CCO)C1CCCc2ccccc21. The number of hydrogen-bond donors (Lipinski definition) is 3. The highest BCUT2D eigenvalue weighted by Crippen LogP contribution is 2.34. The number of aryl methyl sites for hydroxylation is 1. The molecule has 0 saturated heterocycles. The van der Waals surface area contributed by atoms with E-state index in [4.69, 9.17) is 0 Å². The van der Waals surface area contributed by atoms with E-state index in [1.54, 1.807) is 4.90 Å². The maximum Gasteiger partial charge on any atom is 0.318 e. The van der Waals surface area contributed by atoms with Gasteiger partial charge in [-0.3, -0.25) is 0 Å². The highest BCUT2D eigenvalue weighted by atomic mass is 16.3.